The molecule has 0 atom stereocenters. The maximum absolute atomic E-state index is 12.9. The minimum absolute atomic E-state index is 0.197. The van der Waals surface area contributed by atoms with Gasteiger partial charge in [0.2, 0.25) is 10.0 Å². The molecule has 7 nitrogen and oxygen atoms in total. The number of sulfonamides is 1. The number of amides is 1. The summed E-state index contributed by atoms with van der Waals surface area (Å²) in [6, 6.07) is 4.96. The molecule has 4 rings (SSSR count). The predicted molar refractivity (Wildman–Crippen MR) is 100 cm³/mol. The highest BCUT2D eigenvalue weighted by Gasteiger charge is 2.28. The van der Waals surface area contributed by atoms with Crippen LogP contribution < -0.4 is 5.32 Å². The Morgan fingerprint density at radius 3 is 2.59 bits per heavy atom. The Bertz CT molecular complexity index is 954. The molecule has 1 saturated carbocycles. The highest BCUT2D eigenvalue weighted by Crippen LogP contribution is 2.29. The van der Waals surface area contributed by atoms with Gasteiger partial charge >= 0.3 is 0 Å². The molecule has 27 heavy (non-hydrogen) atoms. The van der Waals surface area contributed by atoms with E-state index in [1.807, 2.05) is 0 Å². The summed E-state index contributed by atoms with van der Waals surface area (Å²) in [5.41, 5.74) is 1.18. The smallest absolute Gasteiger partial charge is 0.287 e. The highest BCUT2D eigenvalue weighted by atomic mass is 32.2. The molecular weight excluding hydrogens is 368 g/mol. The van der Waals surface area contributed by atoms with E-state index >= 15 is 0 Å². The average molecular weight is 392 g/mol. The van der Waals surface area contributed by atoms with Crippen LogP contribution in [0.3, 0.4) is 0 Å². The number of nitrogens with zero attached hydrogens (tertiary/aromatic N) is 1. The number of fused-ring (bicyclic) bond motifs is 1. The number of morpholine rings is 1. The molecule has 0 bridgehead atoms. The minimum atomic E-state index is -3.59. The molecule has 1 aromatic heterocycles. The fourth-order valence-corrected chi connectivity index (χ4v) is 5.27. The van der Waals surface area contributed by atoms with E-state index in [0.29, 0.717) is 42.8 Å². The van der Waals surface area contributed by atoms with E-state index in [9.17, 15) is 13.2 Å². The van der Waals surface area contributed by atoms with E-state index < -0.39 is 10.0 Å². The number of benzene rings is 1. The second-order valence-corrected chi connectivity index (χ2v) is 9.12. The van der Waals surface area contributed by atoms with E-state index in [-0.39, 0.29) is 22.6 Å². The fourth-order valence-electron chi connectivity index (χ4n) is 3.83. The number of hydrogen-bond donors (Lipinski definition) is 1. The van der Waals surface area contributed by atoms with Crippen molar-refractivity contribution in [3.8, 4) is 0 Å². The number of nitrogens with one attached hydrogen (secondary N) is 1. The monoisotopic (exact) mass is 392 g/mol. The van der Waals surface area contributed by atoms with E-state index in [0.717, 1.165) is 25.7 Å². The summed E-state index contributed by atoms with van der Waals surface area (Å²) >= 11 is 0. The molecule has 1 N–H and O–H groups in total. The molecule has 1 aliphatic carbocycles. The number of aryl methyl sites for hydroxylation is 1. The largest absolute Gasteiger partial charge is 0.451 e. The second kappa shape index (κ2) is 7.26. The Hall–Kier alpha value is -1.90. The van der Waals surface area contributed by atoms with Crippen molar-refractivity contribution in [3.63, 3.8) is 0 Å². The van der Waals surface area contributed by atoms with Crippen molar-refractivity contribution >= 4 is 26.9 Å². The van der Waals surface area contributed by atoms with Crippen LogP contribution in [0.1, 0.15) is 41.8 Å². The van der Waals surface area contributed by atoms with Gasteiger partial charge in [0.25, 0.3) is 5.91 Å². The quantitative estimate of drug-likeness (QED) is 0.863. The Kier molecular flexibility index (Phi) is 4.96. The van der Waals surface area contributed by atoms with Crippen LogP contribution in [0.5, 0.6) is 0 Å². The summed E-state index contributed by atoms with van der Waals surface area (Å²) in [5.74, 6) is 0.0333. The zero-order chi connectivity index (χ0) is 19.0. The molecule has 0 radical (unpaired) electrons. The molecule has 8 heteroatoms. The lowest BCUT2D eigenvalue weighted by atomic mass is 10.1. The van der Waals surface area contributed by atoms with Crippen LogP contribution >= 0.6 is 0 Å². The summed E-state index contributed by atoms with van der Waals surface area (Å²) in [4.78, 5) is 12.8. The molecule has 2 aliphatic rings. The lowest BCUT2D eigenvalue weighted by molar-refractivity contribution is 0.0730. The van der Waals surface area contributed by atoms with E-state index in [4.69, 9.17) is 9.15 Å². The maximum Gasteiger partial charge on any atom is 0.287 e. The molecule has 2 aromatic rings. The number of rotatable bonds is 4. The number of carbonyl (C=O) groups excluding carboxylic acids is 1. The van der Waals surface area contributed by atoms with Crippen LogP contribution in [0, 0.1) is 6.92 Å². The Morgan fingerprint density at radius 1 is 1.19 bits per heavy atom. The standard InChI is InChI=1S/C19H24N2O5S/c1-13-16-12-15(27(23,24)21-8-10-25-11-9-21)6-7-17(16)26-18(13)19(22)20-14-4-2-3-5-14/h6-7,12,14H,2-5,8-11H2,1H3,(H,20,22). The SMILES string of the molecule is Cc1c(C(=O)NC2CCCC2)oc2ccc(S(=O)(=O)N3CCOCC3)cc12. The number of hydrogen-bond acceptors (Lipinski definition) is 5. The van der Waals surface area contributed by atoms with E-state index in [1.54, 1.807) is 19.1 Å². The number of carbonyl (C=O) groups is 1. The third-order valence-corrected chi connectivity index (χ3v) is 7.31. The van der Waals surface area contributed by atoms with Crippen LogP contribution in [0.15, 0.2) is 27.5 Å². The summed E-state index contributed by atoms with van der Waals surface area (Å²) in [7, 11) is -3.59. The molecule has 0 unspecified atom stereocenters. The van der Waals surface area contributed by atoms with Gasteiger partial charge in [0.15, 0.2) is 5.76 Å². The van der Waals surface area contributed by atoms with Crippen LogP contribution in [0.2, 0.25) is 0 Å². The van der Waals surface area contributed by atoms with Gasteiger partial charge in [0.05, 0.1) is 18.1 Å². The predicted octanol–water partition coefficient (Wildman–Crippen LogP) is 2.43. The summed E-state index contributed by atoms with van der Waals surface area (Å²) in [5, 5.41) is 3.67. The van der Waals surface area contributed by atoms with Crippen LogP contribution in [-0.4, -0.2) is 51.0 Å². The van der Waals surface area contributed by atoms with Crippen LogP contribution in [0.25, 0.3) is 11.0 Å². The van der Waals surface area contributed by atoms with E-state index in [1.165, 1.54) is 10.4 Å². The lowest BCUT2D eigenvalue weighted by Crippen LogP contribution is -2.40. The van der Waals surface area contributed by atoms with Crippen LogP contribution in [0.4, 0.5) is 0 Å². The fraction of sp³-hybridized carbons (Fsp3) is 0.526. The number of ether oxygens (including phenoxy) is 1. The van der Waals surface area contributed by atoms with Crippen molar-refractivity contribution < 1.29 is 22.4 Å². The Morgan fingerprint density at radius 2 is 1.89 bits per heavy atom. The van der Waals surface area contributed by atoms with Gasteiger partial charge in [-0.1, -0.05) is 12.8 Å². The molecule has 1 amide bonds. The van der Waals surface area contributed by atoms with Gasteiger partial charge in [0, 0.05) is 30.1 Å². The molecule has 146 valence electrons. The zero-order valence-electron chi connectivity index (χ0n) is 15.4. The third kappa shape index (κ3) is 3.49. The molecule has 1 aliphatic heterocycles. The van der Waals surface area contributed by atoms with Gasteiger partial charge in [-0.25, -0.2) is 8.42 Å². The number of furan rings is 1. The van der Waals surface area contributed by atoms with Gasteiger partial charge in [-0.05, 0) is 38.0 Å². The molecule has 1 aromatic carbocycles. The average Bonchev–Trinajstić information content (AvgIpc) is 3.30. The molecule has 2 heterocycles. The molecular formula is C19H24N2O5S. The Labute approximate surface area is 158 Å². The van der Waals surface area contributed by atoms with Gasteiger partial charge < -0.3 is 14.5 Å². The molecule has 2 fully saturated rings. The van der Waals surface area contributed by atoms with E-state index in [2.05, 4.69) is 5.32 Å². The Balaban J connectivity index is 1.64. The van der Waals surface area contributed by atoms with Crippen LogP contribution in [-0.2, 0) is 14.8 Å². The van der Waals surface area contributed by atoms with Crippen molar-refractivity contribution in [2.75, 3.05) is 26.3 Å². The third-order valence-electron chi connectivity index (χ3n) is 5.41. The first-order valence-electron chi connectivity index (χ1n) is 9.39. The first-order valence-corrected chi connectivity index (χ1v) is 10.8. The van der Waals surface area contributed by atoms with Crippen molar-refractivity contribution in [2.45, 2.75) is 43.5 Å². The topological polar surface area (TPSA) is 88.8 Å². The van der Waals surface area contributed by atoms with Crippen molar-refractivity contribution in [3.05, 3.63) is 29.5 Å². The first kappa shape index (κ1) is 18.5. The van der Waals surface area contributed by atoms with Gasteiger partial charge in [0.1, 0.15) is 5.58 Å². The van der Waals surface area contributed by atoms with Crippen molar-refractivity contribution in [1.29, 1.82) is 0 Å². The van der Waals surface area contributed by atoms with Gasteiger partial charge in [-0.15, -0.1) is 0 Å². The molecule has 1 saturated heterocycles. The summed E-state index contributed by atoms with van der Waals surface area (Å²) in [6.45, 7) is 3.29. The van der Waals surface area contributed by atoms with Crippen molar-refractivity contribution in [2.24, 2.45) is 0 Å². The lowest BCUT2D eigenvalue weighted by Gasteiger charge is -2.26. The summed E-state index contributed by atoms with van der Waals surface area (Å²) < 4.78 is 38.2. The zero-order valence-corrected chi connectivity index (χ0v) is 16.2. The minimum Gasteiger partial charge on any atom is -0.451 e. The van der Waals surface area contributed by atoms with Gasteiger partial charge in [-0.3, -0.25) is 4.79 Å². The normalized spacial score (nSPS) is 19.6. The second-order valence-electron chi connectivity index (χ2n) is 7.19. The van der Waals surface area contributed by atoms with Gasteiger partial charge in [-0.2, -0.15) is 4.31 Å². The highest BCUT2D eigenvalue weighted by molar-refractivity contribution is 7.89. The summed E-state index contributed by atoms with van der Waals surface area (Å²) in [6.07, 6.45) is 4.25. The van der Waals surface area contributed by atoms with Crippen molar-refractivity contribution in [1.82, 2.24) is 9.62 Å². The first-order chi connectivity index (χ1) is 13.0. The maximum atomic E-state index is 12.9. The molecule has 0 spiro atoms.